The summed E-state index contributed by atoms with van der Waals surface area (Å²) in [7, 11) is 0. The first-order valence-electron chi connectivity index (χ1n) is 4.25. The molecule has 15 heavy (non-hydrogen) atoms. The molecule has 1 N–H and O–H groups in total. The predicted molar refractivity (Wildman–Crippen MR) is 73.8 cm³/mol. The minimum atomic E-state index is 0.585. The van der Waals surface area contributed by atoms with E-state index < -0.39 is 0 Å². The molecule has 0 aromatic heterocycles. The summed E-state index contributed by atoms with van der Waals surface area (Å²) >= 11 is 15.1. The minimum absolute atomic E-state index is 0.585. The highest BCUT2D eigenvalue weighted by atomic mass is 35.5. The Morgan fingerprint density at radius 3 is 2.20 bits per heavy atom. The van der Waals surface area contributed by atoms with E-state index in [1.165, 1.54) is 22.9 Å². The zero-order valence-corrected chi connectivity index (χ0v) is 11.4. The van der Waals surface area contributed by atoms with Crippen LogP contribution in [0.25, 0.3) is 0 Å². The van der Waals surface area contributed by atoms with Crippen LogP contribution in [0.3, 0.4) is 0 Å². The lowest BCUT2D eigenvalue weighted by Crippen LogP contribution is -1.91. The van der Waals surface area contributed by atoms with Gasteiger partial charge in [-0.15, -0.1) is 11.8 Å². The van der Waals surface area contributed by atoms with Crippen LogP contribution in [0.5, 0.6) is 0 Å². The third kappa shape index (κ3) is 3.91. The molecule has 1 rings (SSSR count). The van der Waals surface area contributed by atoms with Crippen LogP contribution >= 0.6 is 46.7 Å². The largest absolute Gasteiger partial charge is 0.302 e. The van der Waals surface area contributed by atoms with Crippen molar-refractivity contribution in [2.45, 2.75) is 11.5 Å². The molecule has 1 aromatic carbocycles. The zero-order chi connectivity index (χ0) is 11.3. The molecule has 0 spiro atoms. The van der Waals surface area contributed by atoms with Crippen molar-refractivity contribution in [2.24, 2.45) is 0 Å². The first-order valence-corrected chi connectivity index (χ1v) is 7.45. The third-order valence-corrected chi connectivity index (χ3v) is 3.83. The second-order valence-electron chi connectivity index (χ2n) is 2.90. The van der Waals surface area contributed by atoms with Crippen LogP contribution in [0.2, 0.25) is 10.0 Å². The van der Waals surface area contributed by atoms with Gasteiger partial charge in [0, 0.05) is 11.5 Å². The summed E-state index contributed by atoms with van der Waals surface area (Å²) in [4.78, 5) is 0. The van der Waals surface area contributed by atoms with Gasteiger partial charge in [-0.3, -0.25) is 0 Å². The van der Waals surface area contributed by atoms with Crippen molar-refractivity contribution in [3.8, 4) is 0 Å². The Morgan fingerprint density at radius 2 is 1.73 bits per heavy atom. The summed E-state index contributed by atoms with van der Waals surface area (Å²) in [5.41, 5.74) is 3.70. The smallest absolute Gasteiger partial charge is 0.0595 e. The predicted octanol–water partition coefficient (Wildman–Crippen LogP) is 4.70. The minimum Gasteiger partial charge on any atom is -0.302 e. The molecule has 5 heteroatoms. The molecule has 0 fully saturated rings. The van der Waals surface area contributed by atoms with E-state index in [1.807, 2.05) is 12.1 Å². The molecule has 1 nitrogen and oxygen atoms in total. The normalized spacial score (nSPS) is 10.3. The van der Waals surface area contributed by atoms with Gasteiger partial charge in [-0.2, -0.15) is 11.8 Å². The van der Waals surface area contributed by atoms with Crippen LogP contribution in [0.15, 0.2) is 12.1 Å². The van der Waals surface area contributed by atoms with Gasteiger partial charge in [0.15, 0.2) is 0 Å². The highest BCUT2D eigenvalue weighted by molar-refractivity contribution is 8.11. The molecule has 0 saturated heterocycles. The van der Waals surface area contributed by atoms with Gasteiger partial charge in [-0.05, 0) is 29.5 Å². The zero-order valence-electron chi connectivity index (χ0n) is 8.22. The maximum atomic E-state index is 6.99. The highest BCUT2D eigenvalue weighted by Crippen LogP contribution is 2.29. The van der Waals surface area contributed by atoms with Crippen LogP contribution < -0.4 is 0 Å². The molecule has 0 bridgehead atoms. The lowest BCUT2D eigenvalue weighted by molar-refractivity contribution is 1.29. The van der Waals surface area contributed by atoms with Gasteiger partial charge in [0.2, 0.25) is 0 Å². The molecule has 0 saturated carbocycles. The number of nitrogens with one attached hydrogen (secondary N) is 1. The second kappa shape index (κ2) is 6.69. The number of hydrogen-bond acceptors (Lipinski definition) is 3. The molecular weight excluding hydrogens is 269 g/mol. The quantitative estimate of drug-likeness (QED) is 0.624. The van der Waals surface area contributed by atoms with E-state index in [2.05, 4.69) is 6.26 Å². The van der Waals surface area contributed by atoms with Gasteiger partial charge in [0.25, 0.3) is 0 Å². The van der Waals surface area contributed by atoms with E-state index in [1.54, 1.807) is 11.8 Å². The van der Waals surface area contributed by atoms with Gasteiger partial charge in [-0.25, -0.2) is 0 Å². The fraction of sp³-hybridized carbons (Fsp3) is 0.300. The van der Waals surface area contributed by atoms with Crippen molar-refractivity contribution >= 4 is 52.3 Å². The van der Waals surface area contributed by atoms with Gasteiger partial charge in [0.05, 0.1) is 15.6 Å². The van der Waals surface area contributed by atoms with Crippen molar-refractivity contribution in [2.75, 3.05) is 6.26 Å². The van der Waals surface area contributed by atoms with Crippen LogP contribution in [-0.2, 0) is 11.5 Å². The Bertz CT molecular complexity index is 356. The number of hydrogen-bond donors (Lipinski definition) is 1. The summed E-state index contributed by atoms with van der Waals surface area (Å²) in [6.45, 7) is 0. The Hall–Kier alpha value is 0.170. The average Bonchev–Trinajstić information content (AvgIpc) is 2.21. The van der Waals surface area contributed by atoms with Crippen molar-refractivity contribution in [3.63, 3.8) is 0 Å². The Kier molecular flexibility index (Phi) is 5.90. The number of halogens is 2. The Labute approximate surface area is 108 Å². The summed E-state index contributed by atoms with van der Waals surface area (Å²) < 4.78 is 0. The van der Waals surface area contributed by atoms with Crippen LogP contribution in [0.4, 0.5) is 0 Å². The topological polar surface area (TPSA) is 23.9 Å². The molecule has 0 heterocycles. The lowest BCUT2D eigenvalue weighted by atomic mass is 10.1. The highest BCUT2D eigenvalue weighted by Gasteiger charge is 2.07. The molecular formula is C10H11Cl2NS2. The summed E-state index contributed by atoms with van der Waals surface area (Å²) in [6.07, 6.45) is 2.05. The van der Waals surface area contributed by atoms with E-state index in [-0.39, 0.29) is 0 Å². The van der Waals surface area contributed by atoms with Gasteiger partial charge in [0.1, 0.15) is 0 Å². The number of benzene rings is 1. The van der Waals surface area contributed by atoms with Gasteiger partial charge >= 0.3 is 0 Å². The monoisotopic (exact) mass is 279 g/mol. The summed E-state index contributed by atoms with van der Waals surface area (Å²) in [5.74, 6) is 1.70. The average molecular weight is 280 g/mol. The second-order valence-corrected chi connectivity index (χ2v) is 5.44. The Balaban J connectivity index is 2.98. The first-order chi connectivity index (χ1) is 7.19. The van der Waals surface area contributed by atoms with Gasteiger partial charge in [-0.1, -0.05) is 23.2 Å². The summed E-state index contributed by atoms with van der Waals surface area (Å²) in [5, 5.41) is 8.18. The van der Waals surface area contributed by atoms with Crippen molar-refractivity contribution in [1.29, 1.82) is 5.41 Å². The lowest BCUT2D eigenvalue weighted by Gasteiger charge is -2.09. The molecule has 0 atom stereocenters. The van der Waals surface area contributed by atoms with E-state index >= 15 is 0 Å². The fourth-order valence-electron chi connectivity index (χ4n) is 1.18. The molecule has 0 aliphatic rings. The van der Waals surface area contributed by atoms with Crippen LogP contribution in [0.1, 0.15) is 11.1 Å². The Morgan fingerprint density at radius 1 is 1.20 bits per heavy atom. The molecule has 0 aliphatic heterocycles. The fourth-order valence-corrected chi connectivity index (χ4v) is 2.67. The van der Waals surface area contributed by atoms with Crippen LogP contribution in [-0.4, -0.2) is 11.8 Å². The first kappa shape index (κ1) is 13.2. The van der Waals surface area contributed by atoms with E-state index in [0.29, 0.717) is 10.0 Å². The summed E-state index contributed by atoms with van der Waals surface area (Å²) in [6, 6.07) is 3.81. The maximum absolute atomic E-state index is 6.99. The van der Waals surface area contributed by atoms with Crippen molar-refractivity contribution in [1.82, 2.24) is 0 Å². The molecule has 0 amide bonds. The van der Waals surface area contributed by atoms with Crippen molar-refractivity contribution < 1.29 is 0 Å². The standard InChI is InChI=1S/C10H11Cl2NS2/c1-14-4-7-2-9(11)10(12)3-8(7)5-15-6-13/h2-3,6,13H,4-5H2,1H3. The molecule has 0 unspecified atom stereocenters. The molecule has 0 radical (unpaired) electrons. The van der Waals surface area contributed by atoms with Crippen LogP contribution in [0, 0.1) is 5.41 Å². The van der Waals surface area contributed by atoms with E-state index in [9.17, 15) is 0 Å². The molecule has 0 aliphatic carbocycles. The SMILES string of the molecule is CSCc1cc(Cl)c(Cl)cc1CSC=N. The van der Waals surface area contributed by atoms with E-state index in [0.717, 1.165) is 17.1 Å². The maximum Gasteiger partial charge on any atom is 0.0595 e. The molecule has 82 valence electrons. The van der Waals surface area contributed by atoms with E-state index in [4.69, 9.17) is 28.6 Å². The number of rotatable bonds is 5. The van der Waals surface area contributed by atoms with Gasteiger partial charge < -0.3 is 5.41 Å². The molecule has 1 aromatic rings. The van der Waals surface area contributed by atoms with Crippen molar-refractivity contribution in [3.05, 3.63) is 33.3 Å². The number of thioether (sulfide) groups is 2. The third-order valence-electron chi connectivity index (χ3n) is 1.86.